The van der Waals surface area contributed by atoms with Crippen molar-refractivity contribution in [2.24, 2.45) is 4.36 Å². The molecule has 4 heteroatoms. The summed E-state index contributed by atoms with van der Waals surface area (Å²) in [4.78, 5) is 0. The standard InChI is InChI=1S/C14H19NO2S/c1-12(2)11-17-14-7-5-6-13(10-14)15-18(16)8-3-4-9-18/h5-7,10H,1,3-4,8-9,11H2,2H3. The molecule has 0 saturated carbocycles. The Kier molecular flexibility index (Phi) is 4.07. The Balaban J connectivity index is 2.17. The van der Waals surface area contributed by atoms with Gasteiger partial charge in [-0.2, -0.15) is 4.36 Å². The van der Waals surface area contributed by atoms with Crippen LogP contribution in [0.25, 0.3) is 0 Å². The number of hydrogen-bond donors (Lipinski definition) is 0. The second kappa shape index (κ2) is 5.57. The second-order valence-corrected chi connectivity index (χ2v) is 7.27. The summed E-state index contributed by atoms with van der Waals surface area (Å²) in [6.45, 7) is 6.21. The summed E-state index contributed by atoms with van der Waals surface area (Å²) in [5.74, 6) is 2.20. The van der Waals surface area contributed by atoms with Crippen LogP contribution >= 0.6 is 0 Å². The molecule has 0 bridgehead atoms. The van der Waals surface area contributed by atoms with Gasteiger partial charge in [-0.15, -0.1) is 0 Å². The lowest BCUT2D eigenvalue weighted by Gasteiger charge is -2.06. The molecule has 1 aliphatic rings. The van der Waals surface area contributed by atoms with Crippen molar-refractivity contribution < 1.29 is 8.95 Å². The van der Waals surface area contributed by atoms with Gasteiger partial charge < -0.3 is 4.74 Å². The van der Waals surface area contributed by atoms with Gasteiger partial charge >= 0.3 is 0 Å². The van der Waals surface area contributed by atoms with Crippen LogP contribution in [0.15, 0.2) is 40.8 Å². The van der Waals surface area contributed by atoms with Gasteiger partial charge in [0.2, 0.25) is 0 Å². The van der Waals surface area contributed by atoms with Gasteiger partial charge in [-0.25, -0.2) is 4.21 Å². The Morgan fingerprint density at radius 3 is 2.83 bits per heavy atom. The molecule has 0 amide bonds. The third-order valence-electron chi connectivity index (χ3n) is 2.75. The molecule has 0 N–H and O–H groups in total. The monoisotopic (exact) mass is 265 g/mol. The van der Waals surface area contributed by atoms with E-state index in [1.807, 2.05) is 31.2 Å². The number of nitrogens with zero attached hydrogens (tertiary/aromatic N) is 1. The van der Waals surface area contributed by atoms with Crippen molar-refractivity contribution in [3.05, 3.63) is 36.4 Å². The molecule has 2 rings (SSSR count). The van der Waals surface area contributed by atoms with E-state index in [0.29, 0.717) is 6.61 Å². The Hall–Kier alpha value is -1.29. The largest absolute Gasteiger partial charge is 0.489 e. The molecule has 0 radical (unpaired) electrons. The van der Waals surface area contributed by atoms with Crippen LogP contribution in [0, 0.1) is 0 Å². The van der Waals surface area contributed by atoms with Crippen LogP contribution in [0.2, 0.25) is 0 Å². The molecule has 1 heterocycles. The van der Waals surface area contributed by atoms with Crippen LogP contribution in [0.1, 0.15) is 19.8 Å². The van der Waals surface area contributed by atoms with E-state index < -0.39 is 9.73 Å². The molecule has 0 aromatic heterocycles. The van der Waals surface area contributed by atoms with E-state index in [2.05, 4.69) is 10.9 Å². The zero-order valence-corrected chi connectivity index (χ0v) is 11.5. The van der Waals surface area contributed by atoms with Crippen LogP contribution < -0.4 is 4.74 Å². The first-order chi connectivity index (χ1) is 8.57. The number of ether oxygens (including phenoxy) is 1. The van der Waals surface area contributed by atoms with E-state index in [0.717, 1.165) is 41.4 Å². The van der Waals surface area contributed by atoms with E-state index in [9.17, 15) is 4.21 Å². The molecule has 1 saturated heterocycles. The van der Waals surface area contributed by atoms with E-state index in [4.69, 9.17) is 4.74 Å². The van der Waals surface area contributed by atoms with Crippen molar-refractivity contribution >= 4 is 15.4 Å². The molecular weight excluding hydrogens is 246 g/mol. The number of benzene rings is 1. The quantitative estimate of drug-likeness (QED) is 0.781. The predicted octanol–water partition coefficient (Wildman–Crippen LogP) is 3.53. The van der Waals surface area contributed by atoms with E-state index >= 15 is 0 Å². The summed E-state index contributed by atoms with van der Waals surface area (Å²) >= 11 is 0. The van der Waals surface area contributed by atoms with Crippen LogP contribution in [0.4, 0.5) is 5.69 Å². The highest BCUT2D eigenvalue weighted by atomic mass is 32.2. The van der Waals surface area contributed by atoms with E-state index in [1.165, 1.54) is 0 Å². The zero-order valence-electron chi connectivity index (χ0n) is 10.7. The average Bonchev–Trinajstić information content (AvgIpc) is 2.73. The maximum atomic E-state index is 12.3. The smallest absolute Gasteiger partial charge is 0.121 e. The Morgan fingerprint density at radius 1 is 1.44 bits per heavy atom. The molecule has 0 unspecified atom stereocenters. The minimum absolute atomic E-state index is 0.499. The van der Waals surface area contributed by atoms with Gasteiger partial charge in [0.1, 0.15) is 12.4 Å². The molecule has 1 aromatic carbocycles. The van der Waals surface area contributed by atoms with Gasteiger partial charge in [0, 0.05) is 17.6 Å². The Bertz CT molecular complexity index is 545. The fourth-order valence-corrected chi connectivity index (χ4v) is 4.07. The first-order valence-electron chi connectivity index (χ1n) is 6.17. The zero-order chi connectivity index (χ0) is 13.0. The molecule has 1 fully saturated rings. The van der Waals surface area contributed by atoms with Crippen molar-refractivity contribution in [1.82, 2.24) is 0 Å². The van der Waals surface area contributed by atoms with Crippen molar-refractivity contribution in [1.29, 1.82) is 0 Å². The maximum Gasteiger partial charge on any atom is 0.121 e. The van der Waals surface area contributed by atoms with E-state index in [-0.39, 0.29) is 0 Å². The first-order valence-corrected chi connectivity index (χ1v) is 8.02. The van der Waals surface area contributed by atoms with E-state index in [1.54, 1.807) is 0 Å². The molecule has 1 aliphatic heterocycles. The molecule has 0 atom stereocenters. The predicted molar refractivity (Wildman–Crippen MR) is 75.9 cm³/mol. The average molecular weight is 265 g/mol. The van der Waals surface area contributed by atoms with Crippen molar-refractivity contribution in [3.63, 3.8) is 0 Å². The first kappa shape index (κ1) is 13.1. The maximum absolute atomic E-state index is 12.3. The normalized spacial score (nSPS) is 17.4. The summed E-state index contributed by atoms with van der Waals surface area (Å²) in [5, 5.41) is 0. The minimum Gasteiger partial charge on any atom is -0.489 e. The minimum atomic E-state index is -2.00. The molecular formula is C14H19NO2S. The summed E-state index contributed by atoms with van der Waals surface area (Å²) < 4.78 is 22.3. The lowest BCUT2D eigenvalue weighted by atomic mass is 10.3. The van der Waals surface area contributed by atoms with Crippen molar-refractivity contribution in [2.45, 2.75) is 19.8 Å². The third-order valence-corrected chi connectivity index (χ3v) is 5.15. The highest BCUT2D eigenvalue weighted by Crippen LogP contribution is 2.24. The number of rotatable bonds is 4. The van der Waals surface area contributed by atoms with Crippen molar-refractivity contribution in [2.75, 3.05) is 18.1 Å². The summed E-state index contributed by atoms with van der Waals surface area (Å²) in [5.41, 5.74) is 1.72. The lowest BCUT2D eigenvalue weighted by molar-refractivity contribution is 0.353. The van der Waals surface area contributed by atoms with Gasteiger partial charge in [0.15, 0.2) is 0 Å². The highest BCUT2D eigenvalue weighted by molar-refractivity contribution is 7.93. The van der Waals surface area contributed by atoms with Gasteiger partial charge in [-0.05, 0) is 37.5 Å². The fraction of sp³-hybridized carbons (Fsp3) is 0.429. The summed E-state index contributed by atoms with van der Waals surface area (Å²) in [6.07, 6.45) is 2.04. The fourth-order valence-electron chi connectivity index (χ4n) is 1.88. The molecule has 3 nitrogen and oxygen atoms in total. The highest BCUT2D eigenvalue weighted by Gasteiger charge is 2.16. The van der Waals surface area contributed by atoms with Crippen molar-refractivity contribution in [3.8, 4) is 5.75 Å². The van der Waals surface area contributed by atoms with Crippen LogP contribution in [-0.2, 0) is 9.73 Å². The molecule has 18 heavy (non-hydrogen) atoms. The molecule has 0 aliphatic carbocycles. The second-order valence-electron chi connectivity index (χ2n) is 4.72. The summed E-state index contributed by atoms with van der Waals surface area (Å²) in [7, 11) is -2.00. The van der Waals surface area contributed by atoms with Gasteiger partial charge in [0.05, 0.1) is 15.4 Å². The Morgan fingerprint density at radius 2 is 2.17 bits per heavy atom. The van der Waals surface area contributed by atoms with Crippen LogP contribution in [0.3, 0.4) is 0 Å². The van der Waals surface area contributed by atoms with Gasteiger partial charge in [0.25, 0.3) is 0 Å². The molecule has 1 aromatic rings. The van der Waals surface area contributed by atoms with Gasteiger partial charge in [-0.1, -0.05) is 12.6 Å². The SMILES string of the molecule is C=C(C)COc1cccc(N=S2(=O)CCCC2)c1. The molecule has 98 valence electrons. The van der Waals surface area contributed by atoms with Crippen LogP contribution in [0.5, 0.6) is 5.75 Å². The Labute approximate surface area is 109 Å². The topological polar surface area (TPSA) is 38.7 Å². The summed E-state index contributed by atoms with van der Waals surface area (Å²) in [6, 6.07) is 7.47. The third kappa shape index (κ3) is 3.60. The lowest BCUT2D eigenvalue weighted by Crippen LogP contribution is -2.00. The molecule has 0 spiro atoms. The van der Waals surface area contributed by atoms with Gasteiger partial charge in [-0.3, -0.25) is 0 Å². The number of hydrogen-bond acceptors (Lipinski definition) is 3. The van der Waals surface area contributed by atoms with Crippen LogP contribution in [-0.4, -0.2) is 22.3 Å².